The van der Waals surface area contributed by atoms with Crippen molar-refractivity contribution in [2.75, 3.05) is 33.0 Å². The van der Waals surface area contributed by atoms with Gasteiger partial charge in [-0.3, -0.25) is 4.79 Å². The minimum Gasteiger partial charge on any atom is -0.507 e. The standard InChI is InChI=1S/C53H58O6P2.C19H30O3.C15H24O.BH/c1-49(2,39-21-13-9-14-22-39)43-29-31-47(45(33-43)51(5,6)41-25-17-11-18-26-41)58-60-54-35-53(36-55-60)37-56-61(57-38-53)59-48-32-30-44(50(3,4)40-23-15-10-16-24-40)34-46(48)52(7,8)42-27-19-12-20-28-42;1-8-22-16(20)10-9-13-11-14(18(2,3)4)17(21)15(12-13)19(5,6)7;1-10-8-11(14(2,3)4)13(16)12(9-10)15(5,6)7;/h9-34H,35-38H2,1-8H3;11-12,21H,8-10H2,1-7H3;8-9,16H,1-7H3;1H/i;;;1T. The van der Waals surface area contributed by atoms with E-state index in [0.29, 0.717) is 57.4 Å². The molecule has 8 aromatic rings. The minimum atomic E-state index is -1.67. The van der Waals surface area contributed by atoms with E-state index < -0.39 is 22.6 Å². The van der Waals surface area contributed by atoms with Gasteiger partial charge in [0.1, 0.15) is 23.0 Å². The van der Waals surface area contributed by atoms with Gasteiger partial charge in [-0.1, -0.05) is 314 Å². The smallest absolute Gasteiger partial charge is 0.397 e. The van der Waals surface area contributed by atoms with Crippen LogP contribution in [-0.4, -0.2) is 58.9 Å². The van der Waals surface area contributed by atoms with Crippen molar-refractivity contribution in [3.63, 3.8) is 0 Å². The highest BCUT2D eigenvalue weighted by Gasteiger charge is 2.46. The van der Waals surface area contributed by atoms with Crippen molar-refractivity contribution in [1.29, 1.82) is 1.34 Å². The highest BCUT2D eigenvalue weighted by atomic mass is 31.2. The molecule has 13 heteroatoms. The molecule has 2 fully saturated rings. The largest absolute Gasteiger partial charge is 0.507 e. The van der Waals surface area contributed by atoms with Gasteiger partial charge in [0, 0.05) is 47.6 Å². The monoisotopic (exact) mass is 1390 g/mol. The quantitative estimate of drug-likeness (QED) is 0.0549. The number of rotatable bonds is 16. The zero-order valence-corrected chi connectivity index (χ0v) is 65.7. The van der Waals surface area contributed by atoms with Crippen molar-refractivity contribution < 1.29 is 46.9 Å². The third kappa shape index (κ3) is 19.5. The molecule has 0 unspecified atom stereocenters. The van der Waals surface area contributed by atoms with Crippen LogP contribution in [0.2, 0.25) is 0 Å². The Kier molecular flexibility index (Phi) is 25.4. The van der Waals surface area contributed by atoms with Crippen LogP contribution in [0.15, 0.2) is 182 Å². The van der Waals surface area contributed by atoms with Crippen LogP contribution in [0.3, 0.4) is 0 Å². The number of esters is 1. The normalized spacial score (nSPS) is 17.0. The van der Waals surface area contributed by atoms with Gasteiger partial charge in [-0.25, -0.2) is 0 Å². The maximum absolute atomic E-state index is 11.6. The van der Waals surface area contributed by atoms with Gasteiger partial charge in [-0.05, 0) is 117 Å². The minimum absolute atomic E-state index is 0.0178. The summed E-state index contributed by atoms with van der Waals surface area (Å²) in [4.78, 5) is 11.6. The first-order valence-corrected chi connectivity index (χ1v) is 37.3. The molecule has 0 aliphatic carbocycles. The van der Waals surface area contributed by atoms with Gasteiger partial charge in [-0.15, -0.1) is 0 Å². The van der Waals surface area contributed by atoms with Crippen LogP contribution >= 0.6 is 17.2 Å². The van der Waals surface area contributed by atoms with Gasteiger partial charge in [0.05, 0.1) is 38.4 Å². The van der Waals surface area contributed by atoms with Crippen LogP contribution < -0.4 is 9.05 Å². The topological polar surface area (TPSA) is 122 Å². The molecule has 0 saturated carbocycles. The number of benzene rings is 8. The lowest BCUT2D eigenvalue weighted by atomic mass is 9.73. The molecule has 10 rings (SSSR count). The van der Waals surface area contributed by atoms with Crippen molar-refractivity contribution in [2.45, 2.75) is 208 Å². The molecule has 2 aliphatic rings. The molecule has 534 valence electrons. The van der Waals surface area contributed by atoms with E-state index >= 15 is 0 Å². The SMILES string of the molecule is CC(C)(c1ccccc1)c1ccc(OP2OCC3(CO2)COP(Oc2ccc(C(C)(C)c4ccccc4)cc2C(C)(C)c2ccccc2)OC3)c(C(C)(C)c2ccccc2)c1.CCOC(=O)CCc1cc(C(C)(C)C)c(O)c(C(C)(C)C)c1.Cc1cc(C(C)(C)C)c(O)c(C(C)(C)C)c1.[3H][B]. The van der Waals surface area contributed by atoms with Crippen LogP contribution in [0.1, 0.15) is 230 Å². The molecular formula is C87H113BO10P2. The lowest BCUT2D eigenvalue weighted by molar-refractivity contribution is -0.143. The summed E-state index contributed by atoms with van der Waals surface area (Å²) in [6, 6.07) is 63.8. The Morgan fingerprint density at radius 2 is 0.710 bits per heavy atom. The highest BCUT2D eigenvalue weighted by Crippen LogP contribution is 2.56. The molecular weight excluding hydrogens is 1280 g/mol. The number of hydrogen-bond donors (Lipinski definition) is 2. The van der Waals surface area contributed by atoms with Crippen LogP contribution in [0.4, 0.5) is 0 Å². The Morgan fingerprint density at radius 1 is 0.420 bits per heavy atom. The molecule has 2 radical (unpaired) electrons. The lowest BCUT2D eigenvalue weighted by Crippen LogP contribution is -2.45. The van der Waals surface area contributed by atoms with E-state index in [-0.39, 0.29) is 49.3 Å². The first kappa shape index (κ1) is 78.9. The number of hydrogen-bond acceptors (Lipinski definition) is 10. The van der Waals surface area contributed by atoms with E-state index in [0.717, 1.165) is 50.4 Å². The predicted octanol–water partition coefficient (Wildman–Crippen LogP) is 22.1. The number of carbonyl (C=O) groups is 1. The van der Waals surface area contributed by atoms with Gasteiger partial charge in [-0.2, -0.15) is 0 Å². The van der Waals surface area contributed by atoms with E-state index in [9.17, 15) is 15.0 Å². The summed E-state index contributed by atoms with van der Waals surface area (Å²) >= 11 is 0. The number of ether oxygens (including phenoxy) is 1. The van der Waals surface area contributed by atoms with E-state index in [1.165, 1.54) is 38.9 Å². The fourth-order valence-corrected chi connectivity index (χ4v) is 15.3. The molecule has 0 aromatic heterocycles. The van der Waals surface area contributed by atoms with Crippen molar-refractivity contribution in [3.05, 3.63) is 260 Å². The van der Waals surface area contributed by atoms with Crippen LogP contribution in [-0.2, 0) is 77.4 Å². The summed E-state index contributed by atoms with van der Waals surface area (Å²) in [7, 11) is 0.410. The second-order valence-electron chi connectivity index (χ2n) is 33.2. The van der Waals surface area contributed by atoms with Crippen molar-refractivity contribution in [2.24, 2.45) is 5.41 Å². The van der Waals surface area contributed by atoms with Gasteiger partial charge in [0.25, 0.3) is 0 Å². The van der Waals surface area contributed by atoms with Crippen molar-refractivity contribution in [3.8, 4) is 23.0 Å². The van der Waals surface area contributed by atoms with Gasteiger partial charge < -0.3 is 42.1 Å². The molecule has 10 nitrogen and oxygen atoms in total. The Bertz CT molecular complexity index is 3740. The second-order valence-corrected chi connectivity index (χ2v) is 35.5. The molecule has 2 heterocycles. The van der Waals surface area contributed by atoms with Gasteiger partial charge in [0.2, 0.25) is 0 Å². The molecule has 0 bridgehead atoms. The average Bonchev–Trinajstić information content (AvgIpc) is 0.772. The van der Waals surface area contributed by atoms with E-state index in [1.54, 1.807) is 0 Å². The summed E-state index contributed by atoms with van der Waals surface area (Å²) in [5.74, 6) is 2.17. The summed E-state index contributed by atoms with van der Waals surface area (Å²) in [6.07, 6.45) is 0.997. The number of carbonyl (C=O) groups excluding carboxylic acids is 1. The van der Waals surface area contributed by atoms with Crippen LogP contribution in [0.25, 0.3) is 0 Å². The number of aromatic hydroxyl groups is 2. The van der Waals surface area contributed by atoms with E-state index in [2.05, 4.69) is 324 Å². The third-order valence-corrected chi connectivity index (χ3v) is 21.6. The van der Waals surface area contributed by atoms with Gasteiger partial charge in [0.15, 0.2) is 0 Å². The average molecular weight is 1390 g/mol. The number of aryl methyl sites for hydroxylation is 2. The maximum atomic E-state index is 11.6. The molecule has 0 atom stereocenters. The van der Waals surface area contributed by atoms with Crippen LogP contribution in [0.5, 0.6) is 23.0 Å². The number of phenols is 2. The maximum Gasteiger partial charge on any atom is 0.397 e. The van der Waals surface area contributed by atoms with Crippen molar-refractivity contribution >= 4 is 31.6 Å². The Hall–Kier alpha value is -6.81. The Labute approximate surface area is 606 Å². The number of phenolic OH excluding ortho intramolecular Hbond substituents is 2. The summed E-state index contributed by atoms with van der Waals surface area (Å²) in [5, 5.41) is 21.0. The molecule has 8 aromatic carbocycles. The van der Waals surface area contributed by atoms with E-state index in [4.69, 9.17) is 33.2 Å². The van der Waals surface area contributed by atoms with Crippen LogP contribution in [0, 0.1) is 12.3 Å². The molecule has 2 aliphatic heterocycles. The molecule has 100 heavy (non-hydrogen) atoms. The second kappa shape index (κ2) is 32.2. The first-order chi connectivity index (χ1) is 47.2. The predicted molar refractivity (Wildman–Crippen MR) is 416 cm³/mol. The van der Waals surface area contributed by atoms with Crippen molar-refractivity contribution in [1.82, 2.24) is 0 Å². The fraction of sp³-hybridized carbons (Fsp3) is 0.437. The van der Waals surface area contributed by atoms with E-state index in [1.807, 2.05) is 19.1 Å². The first-order valence-electron chi connectivity index (χ1n) is 35.6. The zero-order valence-electron chi connectivity index (χ0n) is 64.9. The summed E-state index contributed by atoms with van der Waals surface area (Å²) in [6.45, 7) is 49.2. The lowest BCUT2D eigenvalue weighted by Gasteiger charge is -2.41. The third-order valence-electron chi connectivity index (χ3n) is 19.6. The summed E-state index contributed by atoms with van der Waals surface area (Å²) in [5.41, 5.74) is 13.7. The highest BCUT2D eigenvalue weighted by molar-refractivity contribution is 7.42. The Balaban J connectivity index is 0.000000291. The molecule has 1 spiro atoms. The zero-order chi connectivity index (χ0) is 74.7. The molecule has 2 saturated heterocycles. The summed E-state index contributed by atoms with van der Waals surface area (Å²) < 4.78 is 49.1. The fourth-order valence-electron chi connectivity index (χ4n) is 12.8. The molecule has 2 N–H and O–H groups in total. The Morgan fingerprint density at radius 3 is 1.00 bits per heavy atom. The van der Waals surface area contributed by atoms with Gasteiger partial charge >= 0.3 is 23.2 Å². The molecule has 0 amide bonds.